The molecule has 0 spiro atoms. The fourth-order valence-corrected chi connectivity index (χ4v) is 13.3. The second-order valence-corrected chi connectivity index (χ2v) is 28.8. The van der Waals surface area contributed by atoms with Gasteiger partial charge in [0.05, 0.1) is 25.4 Å². The van der Waals surface area contributed by atoms with E-state index in [0.717, 1.165) is 44.9 Å². The number of allylic oxidation sites excluding steroid dienone is 5. The van der Waals surface area contributed by atoms with E-state index >= 15 is 0 Å². The molecule has 6 nitrogen and oxygen atoms in total. The van der Waals surface area contributed by atoms with Gasteiger partial charge in [-0.3, -0.25) is 9.59 Å². The van der Waals surface area contributed by atoms with E-state index in [1.165, 1.54) is 398 Å². The summed E-state index contributed by atoms with van der Waals surface area (Å²) in [6, 6.07) is -0.627. The highest BCUT2D eigenvalue weighted by Gasteiger charge is 2.18. The Bertz CT molecular complexity index is 1470. The lowest BCUT2D eigenvalue weighted by Gasteiger charge is -2.20. The van der Waals surface area contributed by atoms with Gasteiger partial charge in [0.25, 0.3) is 0 Å². The molecule has 0 aliphatic heterocycles. The van der Waals surface area contributed by atoms with Crippen LogP contribution in [-0.2, 0) is 14.3 Å². The first-order valence-corrected chi connectivity index (χ1v) is 41.8. The molecule has 91 heavy (non-hydrogen) atoms. The monoisotopic (exact) mass is 1280 g/mol. The van der Waals surface area contributed by atoms with Crippen molar-refractivity contribution in [1.82, 2.24) is 5.32 Å². The van der Waals surface area contributed by atoms with Crippen LogP contribution < -0.4 is 5.32 Å². The highest BCUT2D eigenvalue weighted by Crippen LogP contribution is 2.20. The number of esters is 1. The van der Waals surface area contributed by atoms with Crippen LogP contribution in [-0.4, -0.2) is 47.4 Å². The van der Waals surface area contributed by atoms with Crippen LogP contribution in [0.5, 0.6) is 0 Å². The molecule has 0 aromatic heterocycles. The van der Waals surface area contributed by atoms with Crippen molar-refractivity contribution in [3.05, 3.63) is 36.5 Å². The van der Waals surface area contributed by atoms with E-state index in [1.54, 1.807) is 6.08 Å². The Morgan fingerprint density at radius 3 is 0.835 bits per heavy atom. The molecule has 0 saturated heterocycles. The van der Waals surface area contributed by atoms with Gasteiger partial charge in [0, 0.05) is 12.8 Å². The molecule has 0 saturated carbocycles. The molecule has 2 atom stereocenters. The summed E-state index contributed by atoms with van der Waals surface area (Å²) in [5, 5.41) is 23.3. The third-order valence-electron chi connectivity index (χ3n) is 19.7. The third kappa shape index (κ3) is 77.0. The number of nitrogens with one attached hydrogen (secondary N) is 1. The minimum atomic E-state index is -0.844. The highest BCUT2D eigenvalue weighted by atomic mass is 16.5. The second-order valence-electron chi connectivity index (χ2n) is 28.8. The fourth-order valence-electron chi connectivity index (χ4n) is 13.3. The van der Waals surface area contributed by atoms with Crippen molar-refractivity contribution in [3.63, 3.8) is 0 Å². The van der Waals surface area contributed by atoms with Crippen LogP contribution in [0.25, 0.3) is 0 Å². The van der Waals surface area contributed by atoms with Crippen molar-refractivity contribution in [2.75, 3.05) is 13.2 Å². The number of amides is 1. The number of hydrogen-bond acceptors (Lipinski definition) is 5. The number of hydrogen-bond donors (Lipinski definition) is 3. The first kappa shape index (κ1) is 89.1. The average molecular weight is 1280 g/mol. The van der Waals surface area contributed by atoms with Crippen LogP contribution in [0.15, 0.2) is 36.5 Å². The molecule has 0 rings (SSSR count). The minimum absolute atomic E-state index is 0.0225. The lowest BCUT2D eigenvalue weighted by atomic mass is 10.0. The Hall–Kier alpha value is -1.92. The fraction of sp³-hybridized carbons (Fsp3) is 0.906. The molecule has 0 aliphatic rings. The molecule has 0 aliphatic carbocycles. The first-order valence-electron chi connectivity index (χ1n) is 41.8. The van der Waals surface area contributed by atoms with Crippen molar-refractivity contribution in [1.29, 1.82) is 0 Å². The zero-order chi connectivity index (χ0) is 65.6. The maximum atomic E-state index is 12.6. The number of carbonyl (C=O) groups excluding carboxylic acids is 2. The summed E-state index contributed by atoms with van der Waals surface area (Å²) in [7, 11) is 0. The zero-order valence-electron chi connectivity index (χ0n) is 61.9. The molecule has 0 radical (unpaired) electrons. The van der Waals surface area contributed by atoms with Crippen LogP contribution >= 0.6 is 0 Å². The highest BCUT2D eigenvalue weighted by molar-refractivity contribution is 5.76. The molecular formula is C85H163NO5. The summed E-state index contributed by atoms with van der Waals surface area (Å²) in [5.41, 5.74) is 0. The Balaban J connectivity index is 3.37. The molecular weight excluding hydrogens is 1110 g/mol. The number of carbonyl (C=O) groups is 2. The van der Waals surface area contributed by atoms with E-state index in [9.17, 15) is 19.8 Å². The van der Waals surface area contributed by atoms with Crippen LogP contribution in [0, 0.1) is 0 Å². The van der Waals surface area contributed by atoms with E-state index in [4.69, 9.17) is 4.74 Å². The van der Waals surface area contributed by atoms with Crippen LogP contribution in [0.3, 0.4) is 0 Å². The SMILES string of the molecule is CCCCCCCCCCCCCCCCCCCCCC/C=C/C(O)C(CO)NC(=O)CCCCCCCCCCCCCCCCCCC/C=C\C/C=C\CCCCCCCCCCCCCCCCCOC(=O)CCCCCCCCCCCCCCC. The molecule has 6 heteroatoms. The molecule has 0 aromatic carbocycles. The summed E-state index contributed by atoms with van der Waals surface area (Å²) < 4.78 is 5.50. The normalized spacial score (nSPS) is 12.6. The number of ether oxygens (including phenoxy) is 1. The van der Waals surface area contributed by atoms with Crippen molar-refractivity contribution < 1.29 is 24.5 Å². The molecule has 0 bridgehead atoms. The smallest absolute Gasteiger partial charge is 0.305 e. The lowest BCUT2D eigenvalue weighted by Crippen LogP contribution is -2.45. The van der Waals surface area contributed by atoms with Crippen LogP contribution in [0.2, 0.25) is 0 Å². The average Bonchev–Trinajstić information content (AvgIpc) is 3.75. The molecule has 0 fully saturated rings. The standard InChI is InChI=1S/C85H163NO5/c1-3-5-7-9-11-13-15-17-18-19-20-21-41-44-47-50-54-57-61-65-69-73-77-83(88)82(81-87)86-84(89)78-74-70-66-62-58-55-51-48-45-42-39-37-35-33-31-29-27-25-23-22-24-26-28-30-32-34-36-38-40-43-46-49-52-56-60-64-68-72-76-80-91-85(90)79-75-71-67-63-59-53-16-14-12-10-8-6-4-2/h22-23,26,28,73,77,82-83,87-88H,3-21,24-25,27,29-72,74-76,78-81H2,1-2H3,(H,86,89)/b23-22-,28-26-,77-73+. The Kier molecular flexibility index (Phi) is 78.8. The number of unbranched alkanes of at least 4 members (excludes halogenated alkanes) is 64. The minimum Gasteiger partial charge on any atom is -0.466 e. The van der Waals surface area contributed by atoms with Gasteiger partial charge in [-0.15, -0.1) is 0 Å². The van der Waals surface area contributed by atoms with Gasteiger partial charge in [0.2, 0.25) is 5.91 Å². The van der Waals surface area contributed by atoms with Gasteiger partial charge in [0.1, 0.15) is 0 Å². The van der Waals surface area contributed by atoms with Gasteiger partial charge in [-0.2, -0.15) is 0 Å². The van der Waals surface area contributed by atoms with Gasteiger partial charge < -0.3 is 20.3 Å². The van der Waals surface area contributed by atoms with Crippen molar-refractivity contribution in [2.24, 2.45) is 0 Å². The van der Waals surface area contributed by atoms with E-state index in [1.807, 2.05) is 6.08 Å². The van der Waals surface area contributed by atoms with E-state index in [0.29, 0.717) is 19.4 Å². The summed E-state index contributed by atoms with van der Waals surface area (Å²) in [5.74, 6) is -0.0375. The largest absolute Gasteiger partial charge is 0.466 e. The summed E-state index contributed by atoms with van der Waals surface area (Å²) in [4.78, 5) is 24.6. The van der Waals surface area contributed by atoms with Crippen molar-refractivity contribution >= 4 is 11.9 Å². The van der Waals surface area contributed by atoms with E-state index in [-0.39, 0.29) is 18.5 Å². The molecule has 3 N–H and O–H groups in total. The van der Waals surface area contributed by atoms with Crippen molar-refractivity contribution in [2.45, 2.75) is 482 Å². The first-order chi connectivity index (χ1) is 45.0. The predicted octanol–water partition coefficient (Wildman–Crippen LogP) is 27.8. The topological polar surface area (TPSA) is 95.9 Å². The predicted molar refractivity (Wildman–Crippen MR) is 403 cm³/mol. The summed E-state index contributed by atoms with van der Waals surface area (Å²) in [6.07, 6.45) is 106. The van der Waals surface area contributed by atoms with E-state index in [2.05, 4.69) is 43.5 Å². The van der Waals surface area contributed by atoms with Gasteiger partial charge in [-0.1, -0.05) is 429 Å². The summed E-state index contributed by atoms with van der Waals surface area (Å²) >= 11 is 0. The maximum Gasteiger partial charge on any atom is 0.305 e. The second kappa shape index (κ2) is 80.5. The molecule has 2 unspecified atom stereocenters. The van der Waals surface area contributed by atoms with Crippen LogP contribution in [0.1, 0.15) is 470 Å². The molecule has 0 heterocycles. The molecule has 0 aromatic rings. The molecule has 1 amide bonds. The summed E-state index contributed by atoms with van der Waals surface area (Å²) in [6.45, 7) is 4.96. The van der Waals surface area contributed by atoms with E-state index < -0.39 is 12.1 Å². The number of aliphatic hydroxyl groups is 2. The number of aliphatic hydroxyl groups excluding tert-OH is 2. The van der Waals surface area contributed by atoms with Gasteiger partial charge in [-0.05, 0) is 64.2 Å². The third-order valence-corrected chi connectivity index (χ3v) is 19.7. The zero-order valence-corrected chi connectivity index (χ0v) is 61.9. The van der Waals surface area contributed by atoms with Gasteiger partial charge in [0.15, 0.2) is 0 Å². The Morgan fingerprint density at radius 2 is 0.549 bits per heavy atom. The Morgan fingerprint density at radius 1 is 0.308 bits per heavy atom. The van der Waals surface area contributed by atoms with Crippen molar-refractivity contribution in [3.8, 4) is 0 Å². The maximum absolute atomic E-state index is 12.6. The van der Waals surface area contributed by atoms with Crippen LogP contribution in [0.4, 0.5) is 0 Å². The lowest BCUT2D eigenvalue weighted by molar-refractivity contribution is -0.143. The number of rotatable bonds is 79. The molecule has 538 valence electrons. The Labute approximate surface area is 570 Å². The van der Waals surface area contributed by atoms with Gasteiger partial charge >= 0.3 is 5.97 Å². The van der Waals surface area contributed by atoms with Gasteiger partial charge in [-0.25, -0.2) is 0 Å². The quantitative estimate of drug-likeness (QED) is 0.0320.